The Morgan fingerprint density at radius 1 is 1.36 bits per heavy atom. The van der Waals surface area contributed by atoms with Crippen molar-refractivity contribution in [2.75, 3.05) is 0 Å². The Morgan fingerprint density at radius 3 is 2.36 bits per heavy atom. The van der Waals surface area contributed by atoms with Crippen molar-refractivity contribution in [3.05, 3.63) is 33.3 Å². The van der Waals surface area contributed by atoms with Crippen molar-refractivity contribution in [2.45, 2.75) is 19.8 Å². The van der Waals surface area contributed by atoms with Crippen molar-refractivity contribution in [3.63, 3.8) is 0 Å². The average molecular weight is 232 g/mol. The van der Waals surface area contributed by atoms with E-state index >= 15 is 0 Å². The summed E-state index contributed by atoms with van der Waals surface area (Å²) in [6.45, 7) is 3.87. The smallest absolute Gasteiger partial charge is 0.249 e. The van der Waals surface area contributed by atoms with Crippen LogP contribution in [0.15, 0.2) is 12.1 Å². The largest absolute Gasteiger partial charge is 0.366 e. The number of amides is 1. The van der Waals surface area contributed by atoms with Crippen LogP contribution in [0.25, 0.3) is 0 Å². The van der Waals surface area contributed by atoms with Crippen LogP contribution in [-0.2, 0) is 0 Å². The van der Waals surface area contributed by atoms with E-state index in [1.807, 2.05) is 13.8 Å². The number of halogens is 2. The van der Waals surface area contributed by atoms with Crippen LogP contribution in [0.1, 0.15) is 35.7 Å². The molecule has 0 aliphatic rings. The highest BCUT2D eigenvalue weighted by atomic mass is 35.5. The number of benzene rings is 1. The summed E-state index contributed by atoms with van der Waals surface area (Å²) in [5.74, 6) is -0.365. The first-order valence-corrected chi connectivity index (χ1v) is 4.98. The summed E-state index contributed by atoms with van der Waals surface area (Å²) in [4.78, 5) is 11.1. The lowest BCUT2D eigenvalue weighted by Gasteiger charge is -2.13. The fourth-order valence-electron chi connectivity index (χ4n) is 1.35. The van der Waals surface area contributed by atoms with E-state index in [1.54, 1.807) is 12.1 Å². The molecule has 0 saturated heterocycles. The monoisotopic (exact) mass is 231 g/mol. The third kappa shape index (κ3) is 2.02. The van der Waals surface area contributed by atoms with Crippen LogP contribution >= 0.6 is 23.2 Å². The van der Waals surface area contributed by atoms with E-state index in [0.717, 1.165) is 0 Å². The Bertz CT molecular complexity index is 375. The van der Waals surface area contributed by atoms with E-state index < -0.39 is 5.91 Å². The molecule has 0 aliphatic carbocycles. The van der Waals surface area contributed by atoms with Gasteiger partial charge in [0.1, 0.15) is 0 Å². The van der Waals surface area contributed by atoms with Crippen LogP contribution in [0, 0.1) is 0 Å². The molecule has 76 valence electrons. The average Bonchev–Trinajstić information content (AvgIpc) is 2.08. The second-order valence-corrected chi connectivity index (χ2v) is 4.13. The SMILES string of the molecule is CC(C)c1c(C(N)=O)ccc(Cl)c1Cl. The van der Waals surface area contributed by atoms with E-state index in [0.29, 0.717) is 21.2 Å². The van der Waals surface area contributed by atoms with Gasteiger partial charge in [-0.15, -0.1) is 0 Å². The van der Waals surface area contributed by atoms with Crippen molar-refractivity contribution in [1.29, 1.82) is 0 Å². The van der Waals surface area contributed by atoms with Crippen molar-refractivity contribution in [1.82, 2.24) is 0 Å². The van der Waals surface area contributed by atoms with E-state index in [-0.39, 0.29) is 5.92 Å². The minimum Gasteiger partial charge on any atom is -0.366 e. The quantitative estimate of drug-likeness (QED) is 0.835. The van der Waals surface area contributed by atoms with Crippen LogP contribution in [0.3, 0.4) is 0 Å². The molecule has 1 aromatic rings. The van der Waals surface area contributed by atoms with Gasteiger partial charge in [-0.2, -0.15) is 0 Å². The standard InChI is InChI=1S/C10H11Cl2NO/c1-5(2)8-6(10(13)14)3-4-7(11)9(8)12/h3-5H,1-2H3,(H2,13,14). The van der Waals surface area contributed by atoms with Crippen molar-refractivity contribution in [2.24, 2.45) is 5.73 Å². The van der Waals surface area contributed by atoms with E-state index in [9.17, 15) is 4.79 Å². The van der Waals surface area contributed by atoms with E-state index in [2.05, 4.69) is 0 Å². The topological polar surface area (TPSA) is 43.1 Å². The number of hydrogen-bond donors (Lipinski definition) is 1. The maximum Gasteiger partial charge on any atom is 0.249 e. The van der Waals surface area contributed by atoms with Gasteiger partial charge in [-0.25, -0.2) is 0 Å². The van der Waals surface area contributed by atoms with Crippen molar-refractivity contribution in [3.8, 4) is 0 Å². The predicted molar refractivity (Wildman–Crippen MR) is 59.1 cm³/mol. The molecule has 0 unspecified atom stereocenters. The number of carbonyl (C=O) groups excluding carboxylic acids is 1. The molecule has 1 aromatic carbocycles. The number of nitrogens with two attached hydrogens (primary N) is 1. The normalized spacial score (nSPS) is 10.6. The summed E-state index contributed by atoms with van der Waals surface area (Å²) < 4.78 is 0. The van der Waals surface area contributed by atoms with E-state index in [1.165, 1.54) is 0 Å². The molecule has 0 heterocycles. The Balaban J connectivity index is 3.45. The Morgan fingerprint density at radius 2 is 1.93 bits per heavy atom. The number of rotatable bonds is 2. The van der Waals surface area contributed by atoms with Gasteiger partial charge in [0.05, 0.1) is 10.0 Å². The molecule has 1 amide bonds. The first-order chi connectivity index (χ1) is 6.45. The summed E-state index contributed by atoms with van der Waals surface area (Å²) in [6, 6.07) is 3.18. The highest BCUT2D eigenvalue weighted by molar-refractivity contribution is 6.42. The molecule has 0 spiro atoms. The predicted octanol–water partition coefficient (Wildman–Crippen LogP) is 3.22. The summed E-state index contributed by atoms with van der Waals surface area (Å²) in [5.41, 5.74) is 6.38. The molecular formula is C10H11Cl2NO. The Labute approximate surface area is 93.0 Å². The first-order valence-electron chi connectivity index (χ1n) is 4.22. The van der Waals surface area contributed by atoms with Gasteiger partial charge in [-0.05, 0) is 23.6 Å². The lowest BCUT2D eigenvalue weighted by Crippen LogP contribution is -2.14. The summed E-state index contributed by atoms with van der Waals surface area (Å²) in [5, 5.41) is 0.860. The molecule has 0 radical (unpaired) electrons. The molecule has 0 atom stereocenters. The molecule has 2 nitrogen and oxygen atoms in total. The number of carbonyl (C=O) groups is 1. The van der Waals surface area contributed by atoms with Gasteiger partial charge >= 0.3 is 0 Å². The molecule has 0 bridgehead atoms. The van der Waals surface area contributed by atoms with Crippen LogP contribution in [0.5, 0.6) is 0 Å². The summed E-state index contributed by atoms with van der Waals surface area (Å²) in [7, 11) is 0. The van der Waals surface area contributed by atoms with Gasteiger partial charge < -0.3 is 5.73 Å². The minimum atomic E-state index is -0.479. The lowest BCUT2D eigenvalue weighted by molar-refractivity contribution is 0.0999. The molecule has 14 heavy (non-hydrogen) atoms. The maximum absolute atomic E-state index is 11.1. The maximum atomic E-state index is 11.1. The fraction of sp³-hybridized carbons (Fsp3) is 0.300. The molecule has 2 N–H and O–H groups in total. The molecule has 0 saturated carbocycles. The second kappa shape index (κ2) is 4.20. The molecular weight excluding hydrogens is 221 g/mol. The van der Waals surface area contributed by atoms with Crippen molar-refractivity contribution < 1.29 is 4.79 Å². The first kappa shape index (κ1) is 11.3. The fourth-order valence-corrected chi connectivity index (χ4v) is 1.89. The highest BCUT2D eigenvalue weighted by Gasteiger charge is 2.16. The van der Waals surface area contributed by atoms with E-state index in [4.69, 9.17) is 28.9 Å². The summed E-state index contributed by atoms with van der Waals surface area (Å²) >= 11 is 11.8. The molecule has 0 fully saturated rings. The Kier molecular flexibility index (Phi) is 3.40. The van der Waals surface area contributed by atoms with Crippen LogP contribution in [0.4, 0.5) is 0 Å². The minimum absolute atomic E-state index is 0.115. The zero-order valence-electron chi connectivity index (χ0n) is 7.97. The third-order valence-electron chi connectivity index (χ3n) is 1.98. The van der Waals surface area contributed by atoms with Gasteiger partial charge in [0.2, 0.25) is 5.91 Å². The molecule has 0 aromatic heterocycles. The van der Waals surface area contributed by atoms with Crippen LogP contribution in [0.2, 0.25) is 10.0 Å². The summed E-state index contributed by atoms with van der Waals surface area (Å²) in [6.07, 6.45) is 0. The Hall–Kier alpha value is -0.730. The van der Waals surface area contributed by atoms with Gasteiger partial charge in [-0.3, -0.25) is 4.79 Å². The van der Waals surface area contributed by atoms with Crippen LogP contribution in [-0.4, -0.2) is 5.91 Å². The molecule has 0 aliphatic heterocycles. The lowest BCUT2D eigenvalue weighted by atomic mass is 9.97. The molecule has 4 heteroatoms. The van der Waals surface area contributed by atoms with Crippen molar-refractivity contribution >= 4 is 29.1 Å². The second-order valence-electron chi connectivity index (χ2n) is 3.34. The van der Waals surface area contributed by atoms with Gasteiger partial charge in [0.15, 0.2) is 0 Å². The highest BCUT2D eigenvalue weighted by Crippen LogP contribution is 2.33. The van der Waals surface area contributed by atoms with Gasteiger partial charge in [0, 0.05) is 5.56 Å². The van der Waals surface area contributed by atoms with Crippen LogP contribution < -0.4 is 5.73 Å². The van der Waals surface area contributed by atoms with Gasteiger partial charge in [0.25, 0.3) is 0 Å². The number of primary amides is 1. The zero-order chi connectivity index (χ0) is 10.9. The van der Waals surface area contributed by atoms with Gasteiger partial charge in [-0.1, -0.05) is 37.0 Å². The third-order valence-corrected chi connectivity index (χ3v) is 2.79. The number of hydrogen-bond acceptors (Lipinski definition) is 1. The zero-order valence-corrected chi connectivity index (χ0v) is 9.49. The molecule has 1 rings (SSSR count).